The molecule has 0 saturated heterocycles. The van der Waals surface area contributed by atoms with E-state index in [0.717, 1.165) is 20.1 Å². The normalized spacial score (nSPS) is 12.4. The minimum Gasteiger partial charge on any atom is -0.337 e. The molecule has 0 bridgehead atoms. The zero-order valence-corrected chi connectivity index (χ0v) is 17.2. The molecule has 0 spiro atoms. The molecular weight excluding hydrogens is 398 g/mol. The number of hydrogen-bond acceptors (Lipinski definition) is 6. The first kappa shape index (κ1) is 18.0. The molecule has 138 valence electrons. The van der Waals surface area contributed by atoms with Crippen LogP contribution in [0.3, 0.4) is 0 Å². The van der Waals surface area contributed by atoms with E-state index in [2.05, 4.69) is 15.2 Å². The number of fused-ring (bicyclic) bond motifs is 1. The summed E-state index contributed by atoms with van der Waals surface area (Å²) in [5, 5.41) is 10.0. The number of amides is 1. The molecule has 0 aliphatic heterocycles. The van der Waals surface area contributed by atoms with Gasteiger partial charge in [-0.1, -0.05) is 18.2 Å². The van der Waals surface area contributed by atoms with Crippen LogP contribution in [0.15, 0.2) is 41.8 Å². The second kappa shape index (κ2) is 7.34. The lowest BCUT2D eigenvalue weighted by atomic mass is 10.2. The van der Waals surface area contributed by atoms with Crippen molar-refractivity contribution in [3.8, 4) is 10.7 Å². The van der Waals surface area contributed by atoms with Gasteiger partial charge in [0.25, 0.3) is 0 Å². The van der Waals surface area contributed by atoms with Gasteiger partial charge in [-0.25, -0.2) is 4.98 Å². The third-order valence-corrected chi connectivity index (χ3v) is 6.45. The number of benzene rings is 1. The molecule has 0 saturated carbocycles. The third kappa shape index (κ3) is 3.45. The van der Waals surface area contributed by atoms with Crippen molar-refractivity contribution in [2.24, 2.45) is 0 Å². The Kier molecular flexibility index (Phi) is 4.90. The van der Waals surface area contributed by atoms with Crippen LogP contribution in [0.2, 0.25) is 0 Å². The van der Waals surface area contributed by atoms with Crippen LogP contribution >= 0.6 is 34.9 Å². The summed E-state index contributed by atoms with van der Waals surface area (Å²) in [5.41, 5.74) is 0.962. The van der Waals surface area contributed by atoms with Gasteiger partial charge in [0.05, 0.1) is 21.6 Å². The molecule has 27 heavy (non-hydrogen) atoms. The van der Waals surface area contributed by atoms with Crippen molar-refractivity contribution in [3.63, 3.8) is 0 Å². The first-order chi connectivity index (χ1) is 13.0. The summed E-state index contributed by atoms with van der Waals surface area (Å²) >= 11 is 8.54. The summed E-state index contributed by atoms with van der Waals surface area (Å²) in [5.74, 6) is 0.647. The molecule has 4 aromatic rings. The lowest BCUT2D eigenvalue weighted by molar-refractivity contribution is -0.133. The molecule has 1 amide bonds. The van der Waals surface area contributed by atoms with Crippen molar-refractivity contribution >= 4 is 51.0 Å². The van der Waals surface area contributed by atoms with Crippen LogP contribution in [0.5, 0.6) is 0 Å². The molecule has 0 aliphatic rings. The van der Waals surface area contributed by atoms with Gasteiger partial charge in [0, 0.05) is 7.05 Å². The fourth-order valence-corrected chi connectivity index (χ4v) is 4.96. The smallest absolute Gasteiger partial charge is 0.245 e. The van der Waals surface area contributed by atoms with Crippen molar-refractivity contribution in [2.45, 2.75) is 19.5 Å². The third-order valence-electron chi connectivity index (χ3n) is 4.28. The molecule has 1 N–H and O–H groups in total. The van der Waals surface area contributed by atoms with Crippen LogP contribution in [0.1, 0.15) is 18.0 Å². The average molecular weight is 416 g/mol. The second-order valence-corrected chi connectivity index (χ2v) is 8.59. The number of thiophene rings is 1. The van der Waals surface area contributed by atoms with Gasteiger partial charge in [0.2, 0.25) is 5.91 Å². The van der Waals surface area contributed by atoms with Gasteiger partial charge in [0.15, 0.2) is 10.6 Å². The van der Waals surface area contributed by atoms with E-state index in [1.54, 1.807) is 39.2 Å². The summed E-state index contributed by atoms with van der Waals surface area (Å²) in [6, 6.07) is 11.4. The Bertz CT molecular complexity index is 1110. The number of likely N-dealkylation sites (N-methyl/N-ethyl adjacent to an activating group) is 1. The number of carbonyl (C=O) groups excluding carboxylic acids is 1. The Morgan fingerprint density at radius 3 is 2.89 bits per heavy atom. The molecule has 3 aromatic heterocycles. The zero-order valence-electron chi connectivity index (χ0n) is 14.7. The fourth-order valence-electron chi connectivity index (χ4n) is 2.94. The predicted molar refractivity (Wildman–Crippen MR) is 112 cm³/mol. The topological polar surface area (TPSA) is 66.8 Å². The van der Waals surface area contributed by atoms with Crippen LogP contribution in [-0.2, 0) is 11.3 Å². The molecule has 1 aromatic carbocycles. The van der Waals surface area contributed by atoms with Crippen LogP contribution in [0, 0.1) is 4.77 Å². The highest BCUT2D eigenvalue weighted by Crippen LogP contribution is 2.27. The van der Waals surface area contributed by atoms with E-state index >= 15 is 0 Å². The Balaban J connectivity index is 1.57. The molecule has 9 heteroatoms. The summed E-state index contributed by atoms with van der Waals surface area (Å²) < 4.78 is 3.34. The minimum absolute atomic E-state index is 0.0374. The number of thiazole rings is 1. The Morgan fingerprint density at radius 2 is 2.15 bits per heavy atom. The lowest BCUT2D eigenvalue weighted by Crippen LogP contribution is -2.33. The van der Waals surface area contributed by atoms with Gasteiger partial charge in [-0.05, 0) is 42.7 Å². The molecule has 1 unspecified atom stereocenters. The Labute approximate surface area is 169 Å². The first-order valence-electron chi connectivity index (χ1n) is 8.35. The van der Waals surface area contributed by atoms with E-state index in [1.807, 2.05) is 48.7 Å². The number of nitrogens with one attached hydrogen (secondary N) is 1. The first-order valence-corrected chi connectivity index (χ1v) is 10.4. The molecule has 0 radical (unpaired) electrons. The largest absolute Gasteiger partial charge is 0.337 e. The summed E-state index contributed by atoms with van der Waals surface area (Å²) in [6.45, 7) is 2.31. The van der Waals surface area contributed by atoms with Gasteiger partial charge >= 0.3 is 0 Å². The number of hydrogen-bond donors (Lipinski definition) is 1. The molecule has 3 heterocycles. The van der Waals surface area contributed by atoms with Crippen LogP contribution in [-0.4, -0.2) is 37.6 Å². The number of carbonyl (C=O) groups is 1. The van der Waals surface area contributed by atoms with E-state index in [1.165, 1.54) is 0 Å². The van der Waals surface area contributed by atoms with Gasteiger partial charge < -0.3 is 4.90 Å². The highest BCUT2D eigenvalue weighted by atomic mass is 32.1. The summed E-state index contributed by atoms with van der Waals surface area (Å²) in [7, 11) is 1.79. The van der Waals surface area contributed by atoms with Crippen molar-refractivity contribution in [3.05, 3.63) is 51.6 Å². The second-order valence-electron chi connectivity index (χ2n) is 6.15. The van der Waals surface area contributed by atoms with Gasteiger partial charge in [-0.2, -0.15) is 5.10 Å². The quantitative estimate of drug-likeness (QED) is 0.488. The Hall–Kier alpha value is -2.36. The maximum absolute atomic E-state index is 13.0. The van der Waals surface area contributed by atoms with Crippen molar-refractivity contribution < 1.29 is 4.79 Å². The molecule has 0 aliphatic carbocycles. The fraction of sp³-hybridized carbons (Fsp3) is 0.222. The standard InChI is InChI=1S/C18H17N5OS3/c1-11(23-16(20-21-18(23)25)14-8-5-9-26-14)17(24)22(2)10-15-19-12-6-3-4-7-13(12)27-15/h3-9,11H,10H2,1-2H3,(H,21,25). The van der Waals surface area contributed by atoms with Crippen LogP contribution in [0.4, 0.5) is 0 Å². The number of aromatic amines is 1. The van der Waals surface area contributed by atoms with Crippen molar-refractivity contribution in [1.82, 2.24) is 24.6 Å². The zero-order chi connectivity index (χ0) is 19.0. The molecule has 1 atom stereocenters. The van der Waals surface area contributed by atoms with Crippen LogP contribution < -0.4 is 0 Å². The number of rotatable bonds is 5. The predicted octanol–water partition coefficient (Wildman–Crippen LogP) is 4.50. The van der Waals surface area contributed by atoms with Crippen molar-refractivity contribution in [2.75, 3.05) is 7.05 Å². The number of nitrogens with zero attached hydrogens (tertiary/aromatic N) is 4. The van der Waals surface area contributed by atoms with E-state index in [9.17, 15) is 4.79 Å². The average Bonchev–Trinajstić information content (AvgIpc) is 3.38. The van der Waals surface area contributed by atoms with Crippen LogP contribution in [0.25, 0.3) is 20.9 Å². The number of H-pyrrole nitrogens is 1. The number of aromatic nitrogens is 4. The maximum Gasteiger partial charge on any atom is 0.245 e. The molecule has 6 nitrogen and oxygen atoms in total. The van der Waals surface area contributed by atoms with E-state index < -0.39 is 6.04 Å². The minimum atomic E-state index is -0.465. The van der Waals surface area contributed by atoms with E-state index in [-0.39, 0.29) is 5.91 Å². The van der Waals surface area contributed by atoms with Gasteiger partial charge in [-0.3, -0.25) is 14.5 Å². The van der Waals surface area contributed by atoms with Gasteiger partial charge in [-0.15, -0.1) is 22.7 Å². The summed E-state index contributed by atoms with van der Waals surface area (Å²) in [4.78, 5) is 20.3. The van der Waals surface area contributed by atoms with E-state index in [4.69, 9.17) is 12.2 Å². The van der Waals surface area contributed by atoms with Gasteiger partial charge in [0.1, 0.15) is 11.0 Å². The van der Waals surface area contributed by atoms with E-state index in [0.29, 0.717) is 17.1 Å². The molecule has 0 fully saturated rings. The highest BCUT2D eigenvalue weighted by molar-refractivity contribution is 7.71. The lowest BCUT2D eigenvalue weighted by Gasteiger charge is -2.22. The maximum atomic E-state index is 13.0. The highest BCUT2D eigenvalue weighted by Gasteiger charge is 2.24. The molecular formula is C18H17N5OS3. The monoisotopic (exact) mass is 415 g/mol. The SMILES string of the molecule is CC(C(=O)N(C)Cc1nc2ccccc2s1)n1c(-c2cccs2)n[nH]c1=S. The summed E-state index contributed by atoms with van der Waals surface area (Å²) in [6.07, 6.45) is 0. The number of para-hydroxylation sites is 1. The Morgan fingerprint density at radius 1 is 1.33 bits per heavy atom. The molecule has 4 rings (SSSR count). The van der Waals surface area contributed by atoms with Crippen molar-refractivity contribution in [1.29, 1.82) is 0 Å².